The van der Waals surface area contributed by atoms with E-state index < -0.39 is 0 Å². The lowest BCUT2D eigenvalue weighted by molar-refractivity contribution is 0.0187. The van der Waals surface area contributed by atoms with E-state index in [-0.39, 0.29) is 12.0 Å². The van der Waals surface area contributed by atoms with Crippen LogP contribution in [0.1, 0.15) is 28.9 Å². The Bertz CT molecular complexity index is 702. The summed E-state index contributed by atoms with van der Waals surface area (Å²) < 4.78 is 10.6. The predicted octanol–water partition coefficient (Wildman–Crippen LogP) is 2.74. The topological polar surface area (TPSA) is 63.7 Å². The minimum atomic E-state index is -0.356. The van der Waals surface area contributed by atoms with Crippen LogP contribution < -0.4 is 5.32 Å². The molecule has 138 valence electrons. The van der Waals surface area contributed by atoms with Crippen molar-refractivity contribution in [2.45, 2.75) is 13.0 Å². The van der Waals surface area contributed by atoms with Crippen molar-refractivity contribution >= 4 is 11.8 Å². The lowest BCUT2D eigenvalue weighted by Gasteiger charge is -2.35. The fourth-order valence-corrected chi connectivity index (χ4v) is 3.14. The summed E-state index contributed by atoms with van der Waals surface area (Å²) in [5, 5.41) is 3.35. The SMILES string of the molecule is CCOC(=O)c1cccnc1NC[C@@H](c1ccccc1)N1CCOCC1. The first-order valence-electron chi connectivity index (χ1n) is 9.02. The first kappa shape index (κ1) is 18.4. The maximum absolute atomic E-state index is 12.2. The van der Waals surface area contributed by atoms with Crippen molar-refractivity contribution < 1.29 is 14.3 Å². The highest BCUT2D eigenvalue weighted by molar-refractivity contribution is 5.94. The maximum atomic E-state index is 12.2. The molecule has 0 spiro atoms. The summed E-state index contributed by atoms with van der Waals surface area (Å²) in [6, 6.07) is 14.0. The van der Waals surface area contributed by atoms with Crippen molar-refractivity contribution in [2.24, 2.45) is 0 Å². The van der Waals surface area contributed by atoms with E-state index in [1.807, 2.05) is 18.2 Å². The lowest BCUT2D eigenvalue weighted by atomic mass is 10.0. The maximum Gasteiger partial charge on any atom is 0.341 e. The molecule has 1 N–H and O–H groups in total. The van der Waals surface area contributed by atoms with Crippen LogP contribution in [0.5, 0.6) is 0 Å². The van der Waals surface area contributed by atoms with Gasteiger partial charge in [-0.15, -0.1) is 0 Å². The first-order valence-corrected chi connectivity index (χ1v) is 9.02. The Morgan fingerprint density at radius 2 is 2.00 bits per heavy atom. The molecule has 2 aromatic rings. The average Bonchev–Trinajstić information content (AvgIpc) is 2.70. The van der Waals surface area contributed by atoms with Crippen molar-refractivity contribution in [1.82, 2.24) is 9.88 Å². The van der Waals surface area contributed by atoms with Crippen LogP contribution in [0.4, 0.5) is 5.82 Å². The Morgan fingerprint density at radius 3 is 2.73 bits per heavy atom. The summed E-state index contributed by atoms with van der Waals surface area (Å²) in [4.78, 5) is 18.9. The number of rotatable bonds is 7. The standard InChI is InChI=1S/C20H25N3O3/c1-2-26-20(24)17-9-6-10-21-19(17)22-15-18(16-7-4-3-5-8-16)23-11-13-25-14-12-23/h3-10,18H,2,11-15H2,1H3,(H,21,22)/t18-/m0/s1. The van der Waals surface area contributed by atoms with Crippen LogP contribution in [0.3, 0.4) is 0 Å². The van der Waals surface area contributed by atoms with Gasteiger partial charge in [-0.25, -0.2) is 9.78 Å². The molecule has 6 nitrogen and oxygen atoms in total. The summed E-state index contributed by atoms with van der Waals surface area (Å²) in [5.41, 5.74) is 1.69. The van der Waals surface area contributed by atoms with E-state index >= 15 is 0 Å². The molecule has 0 bridgehead atoms. The Kier molecular flexibility index (Phi) is 6.57. The number of aromatic nitrogens is 1. The van der Waals surface area contributed by atoms with E-state index in [4.69, 9.17) is 9.47 Å². The van der Waals surface area contributed by atoms with Crippen LogP contribution in [0.15, 0.2) is 48.7 Å². The molecule has 6 heteroatoms. The van der Waals surface area contributed by atoms with E-state index in [1.54, 1.807) is 25.3 Å². The third kappa shape index (κ3) is 4.59. The van der Waals surface area contributed by atoms with Gasteiger partial charge in [0.25, 0.3) is 0 Å². The zero-order valence-electron chi connectivity index (χ0n) is 15.1. The predicted molar refractivity (Wildman–Crippen MR) is 100 cm³/mol. The Morgan fingerprint density at radius 1 is 1.23 bits per heavy atom. The molecule has 1 aromatic heterocycles. The van der Waals surface area contributed by atoms with Gasteiger partial charge in [-0.05, 0) is 24.6 Å². The van der Waals surface area contributed by atoms with Gasteiger partial charge < -0.3 is 14.8 Å². The van der Waals surface area contributed by atoms with Gasteiger partial charge in [-0.2, -0.15) is 0 Å². The molecule has 1 aliphatic rings. The molecular weight excluding hydrogens is 330 g/mol. The number of carbonyl (C=O) groups is 1. The number of anilines is 1. The normalized spacial score (nSPS) is 16.0. The Labute approximate surface area is 154 Å². The number of nitrogens with one attached hydrogen (secondary N) is 1. The quantitative estimate of drug-likeness (QED) is 0.771. The Hall–Kier alpha value is -2.44. The summed E-state index contributed by atoms with van der Waals surface area (Å²) in [5.74, 6) is 0.200. The molecule has 26 heavy (non-hydrogen) atoms. The van der Waals surface area contributed by atoms with Crippen molar-refractivity contribution in [3.8, 4) is 0 Å². The molecule has 2 heterocycles. The van der Waals surface area contributed by atoms with Crippen molar-refractivity contribution in [2.75, 3.05) is 44.8 Å². The summed E-state index contributed by atoms with van der Waals surface area (Å²) in [7, 11) is 0. The van der Waals surface area contributed by atoms with Crippen LogP contribution in [0.25, 0.3) is 0 Å². The van der Waals surface area contributed by atoms with Gasteiger partial charge in [-0.3, -0.25) is 4.90 Å². The number of pyridine rings is 1. The number of ether oxygens (including phenoxy) is 2. The van der Waals surface area contributed by atoms with Crippen molar-refractivity contribution in [3.05, 3.63) is 59.8 Å². The zero-order chi connectivity index (χ0) is 18.2. The van der Waals surface area contributed by atoms with Crippen LogP contribution in [0, 0.1) is 0 Å². The minimum Gasteiger partial charge on any atom is -0.462 e. The molecule has 1 aromatic carbocycles. The molecule has 0 radical (unpaired) electrons. The fourth-order valence-electron chi connectivity index (χ4n) is 3.14. The summed E-state index contributed by atoms with van der Waals surface area (Å²) in [6.45, 7) is 6.02. The van der Waals surface area contributed by atoms with Gasteiger partial charge in [0.2, 0.25) is 0 Å². The second-order valence-corrected chi connectivity index (χ2v) is 6.08. The number of nitrogens with zero attached hydrogens (tertiary/aromatic N) is 2. The second-order valence-electron chi connectivity index (χ2n) is 6.08. The van der Waals surface area contributed by atoms with E-state index in [0.717, 1.165) is 26.3 Å². The van der Waals surface area contributed by atoms with Gasteiger partial charge in [0.15, 0.2) is 0 Å². The minimum absolute atomic E-state index is 0.178. The van der Waals surface area contributed by atoms with Crippen molar-refractivity contribution in [1.29, 1.82) is 0 Å². The van der Waals surface area contributed by atoms with Crippen molar-refractivity contribution in [3.63, 3.8) is 0 Å². The third-order valence-electron chi connectivity index (χ3n) is 4.44. The average molecular weight is 355 g/mol. The molecule has 1 saturated heterocycles. The molecule has 1 atom stereocenters. The van der Waals surface area contributed by atoms with E-state index in [2.05, 4.69) is 27.3 Å². The molecule has 1 aliphatic heterocycles. The fraction of sp³-hybridized carbons (Fsp3) is 0.400. The first-order chi connectivity index (χ1) is 12.8. The smallest absolute Gasteiger partial charge is 0.341 e. The summed E-state index contributed by atoms with van der Waals surface area (Å²) in [6.07, 6.45) is 1.68. The molecular formula is C20H25N3O3. The number of hydrogen-bond donors (Lipinski definition) is 1. The van der Waals surface area contributed by atoms with Gasteiger partial charge in [0.1, 0.15) is 11.4 Å². The molecule has 0 amide bonds. The number of hydrogen-bond acceptors (Lipinski definition) is 6. The number of morpholine rings is 1. The number of esters is 1. The van der Waals surface area contributed by atoms with Crippen LogP contribution >= 0.6 is 0 Å². The van der Waals surface area contributed by atoms with Crippen LogP contribution in [-0.2, 0) is 9.47 Å². The van der Waals surface area contributed by atoms with Gasteiger partial charge in [0.05, 0.1) is 25.9 Å². The highest BCUT2D eigenvalue weighted by Gasteiger charge is 2.23. The third-order valence-corrected chi connectivity index (χ3v) is 4.44. The summed E-state index contributed by atoms with van der Waals surface area (Å²) >= 11 is 0. The van der Waals surface area contributed by atoms with Crippen LogP contribution in [-0.4, -0.2) is 55.3 Å². The van der Waals surface area contributed by atoms with Gasteiger partial charge in [-0.1, -0.05) is 30.3 Å². The molecule has 3 rings (SSSR count). The van der Waals surface area contributed by atoms with E-state index in [0.29, 0.717) is 24.5 Å². The molecule has 1 fully saturated rings. The van der Waals surface area contributed by atoms with Crippen LogP contribution in [0.2, 0.25) is 0 Å². The monoisotopic (exact) mass is 355 g/mol. The highest BCUT2D eigenvalue weighted by atomic mass is 16.5. The van der Waals surface area contributed by atoms with E-state index in [9.17, 15) is 4.79 Å². The zero-order valence-corrected chi connectivity index (χ0v) is 15.1. The largest absolute Gasteiger partial charge is 0.462 e. The second kappa shape index (κ2) is 9.31. The molecule has 0 aliphatic carbocycles. The lowest BCUT2D eigenvalue weighted by Crippen LogP contribution is -2.41. The highest BCUT2D eigenvalue weighted by Crippen LogP contribution is 2.23. The van der Waals surface area contributed by atoms with Gasteiger partial charge >= 0.3 is 5.97 Å². The van der Waals surface area contributed by atoms with Gasteiger partial charge in [0, 0.05) is 25.8 Å². The molecule has 0 saturated carbocycles. The number of carbonyl (C=O) groups excluding carboxylic acids is 1. The molecule has 0 unspecified atom stereocenters. The Balaban J connectivity index is 1.77. The number of benzene rings is 1. The van der Waals surface area contributed by atoms with E-state index in [1.165, 1.54) is 5.56 Å².